The Hall–Kier alpha value is -6.92. The highest BCUT2D eigenvalue weighted by Crippen LogP contribution is 2.41. The summed E-state index contributed by atoms with van der Waals surface area (Å²) in [5.41, 5.74) is 5.85. The molecule has 0 amide bonds. The Morgan fingerprint density at radius 2 is 1.06 bits per heavy atom. The van der Waals surface area contributed by atoms with Crippen molar-refractivity contribution in [3.63, 3.8) is 0 Å². The molecule has 7 aromatic carbocycles. The lowest BCUT2D eigenvalue weighted by atomic mass is 9.93. The zero-order valence-corrected chi connectivity index (χ0v) is 26.5. The largest absolute Gasteiger partial charge is 0.456 e. The Labute approximate surface area is 284 Å². The van der Waals surface area contributed by atoms with Crippen LogP contribution >= 0.6 is 0 Å². The molecule has 0 aliphatic carbocycles. The number of para-hydroxylation sites is 2. The number of hydrogen-bond acceptors (Lipinski definition) is 6. The van der Waals surface area contributed by atoms with E-state index in [1.807, 2.05) is 67.0 Å². The van der Waals surface area contributed by atoms with Gasteiger partial charge in [0.1, 0.15) is 22.3 Å². The van der Waals surface area contributed by atoms with E-state index in [2.05, 4.69) is 83.8 Å². The van der Waals surface area contributed by atoms with Gasteiger partial charge in [-0.05, 0) is 64.0 Å². The third kappa shape index (κ3) is 3.96. The van der Waals surface area contributed by atoms with E-state index in [1.54, 1.807) is 0 Å². The van der Waals surface area contributed by atoms with Crippen molar-refractivity contribution in [2.45, 2.75) is 0 Å². The Morgan fingerprint density at radius 1 is 0.380 bits per heavy atom. The lowest BCUT2D eigenvalue weighted by Crippen LogP contribution is -2.01. The van der Waals surface area contributed by atoms with Crippen LogP contribution in [-0.4, -0.2) is 19.9 Å². The monoisotopic (exact) mass is 640 g/mol. The molecule has 0 N–H and O–H groups in total. The standard InChI is InChI=1S/C44H24N4O2/c1-2-9-29-25(8-1)16-19-32-28-20-21-45-24-27(28)22-35(40(29)32)44-47-42(26-17-18-31-30-10-3-5-13-36(30)50-39(31)23-26)46-43(48-44)34-12-7-15-38-41(34)33-11-4-6-14-37(33)49-38/h1-24H. The molecule has 0 radical (unpaired) electrons. The first-order chi connectivity index (χ1) is 24.8. The molecule has 0 aliphatic rings. The molecule has 0 saturated carbocycles. The molecular weight excluding hydrogens is 617 g/mol. The Balaban J connectivity index is 1.25. The summed E-state index contributed by atoms with van der Waals surface area (Å²) in [4.78, 5) is 20.2. The molecule has 0 atom stereocenters. The zero-order chi connectivity index (χ0) is 32.8. The van der Waals surface area contributed by atoms with Crippen molar-refractivity contribution in [1.82, 2.24) is 19.9 Å². The third-order valence-corrected chi connectivity index (χ3v) is 9.80. The first kappa shape index (κ1) is 27.1. The van der Waals surface area contributed by atoms with Gasteiger partial charge in [0.2, 0.25) is 0 Å². The minimum Gasteiger partial charge on any atom is -0.456 e. The molecule has 4 heterocycles. The highest BCUT2D eigenvalue weighted by molar-refractivity contribution is 6.22. The van der Waals surface area contributed by atoms with Crippen molar-refractivity contribution in [3.05, 3.63) is 146 Å². The average molecular weight is 641 g/mol. The molecular formula is C44H24N4O2. The normalized spacial score (nSPS) is 12.0. The summed E-state index contributed by atoms with van der Waals surface area (Å²) in [5.74, 6) is 1.69. The summed E-state index contributed by atoms with van der Waals surface area (Å²) >= 11 is 0. The Morgan fingerprint density at radius 3 is 1.96 bits per heavy atom. The van der Waals surface area contributed by atoms with Crippen LogP contribution in [0.1, 0.15) is 0 Å². The number of aromatic nitrogens is 4. The quantitative estimate of drug-likeness (QED) is 0.179. The van der Waals surface area contributed by atoms with Crippen LogP contribution in [0.25, 0.3) is 110 Å². The number of furan rings is 2. The van der Waals surface area contributed by atoms with E-state index in [9.17, 15) is 0 Å². The van der Waals surface area contributed by atoms with Gasteiger partial charge in [-0.2, -0.15) is 0 Å². The predicted octanol–water partition coefficient (Wildman–Crippen LogP) is 11.5. The number of benzene rings is 7. The lowest BCUT2D eigenvalue weighted by molar-refractivity contribution is 0.668. The second-order valence-corrected chi connectivity index (χ2v) is 12.6. The topological polar surface area (TPSA) is 77.8 Å². The summed E-state index contributed by atoms with van der Waals surface area (Å²) in [5, 5.41) is 10.7. The molecule has 4 aromatic heterocycles. The number of pyridine rings is 1. The SMILES string of the molecule is c1ccc2c(c1)ccc1c3ccncc3cc(-c3nc(-c4ccc5c(c4)oc4ccccc45)nc(-c4cccc5oc6ccccc6c45)n3)c21. The van der Waals surface area contributed by atoms with Crippen molar-refractivity contribution >= 4 is 76.2 Å². The summed E-state index contributed by atoms with van der Waals surface area (Å²) in [6.45, 7) is 0. The summed E-state index contributed by atoms with van der Waals surface area (Å²) in [6.07, 6.45) is 3.75. The maximum absolute atomic E-state index is 6.30. The molecule has 0 fully saturated rings. The van der Waals surface area contributed by atoms with Gasteiger partial charge in [0.25, 0.3) is 0 Å². The first-order valence-electron chi connectivity index (χ1n) is 16.5. The first-order valence-corrected chi connectivity index (χ1v) is 16.5. The molecule has 0 spiro atoms. The van der Waals surface area contributed by atoms with Crippen LogP contribution < -0.4 is 0 Å². The molecule has 0 aliphatic heterocycles. The molecule has 0 bridgehead atoms. The second-order valence-electron chi connectivity index (χ2n) is 12.6. The van der Waals surface area contributed by atoms with Crippen molar-refractivity contribution in [2.24, 2.45) is 0 Å². The van der Waals surface area contributed by atoms with Crippen molar-refractivity contribution in [1.29, 1.82) is 0 Å². The summed E-state index contributed by atoms with van der Waals surface area (Å²) in [6, 6.07) is 45.5. The van der Waals surface area contributed by atoms with Gasteiger partial charge >= 0.3 is 0 Å². The highest BCUT2D eigenvalue weighted by atomic mass is 16.3. The van der Waals surface area contributed by atoms with Gasteiger partial charge in [0, 0.05) is 61.4 Å². The minimum atomic E-state index is 0.553. The fourth-order valence-electron chi connectivity index (χ4n) is 7.53. The second kappa shape index (κ2) is 10.3. The van der Waals surface area contributed by atoms with Gasteiger partial charge in [0.15, 0.2) is 17.5 Å². The summed E-state index contributed by atoms with van der Waals surface area (Å²) in [7, 11) is 0. The minimum absolute atomic E-state index is 0.553. The fourth-order valence-corrected chi connectivity index (χ4v) is 7.53. The van der Waals surface area contributed by atoms with Crippen LogP contribution in [-0.2, 0) is 0 Å². The molecule has 6 nitrogen and oxygen atoms in total. The van der Waals surface area contributed by atoms with Gasteiger partial charge < -0.3 is 8.83 Å². The van der Waals surface area contributed by atoms with E-state index >= 15 is 0 Å². The third-order valence-electron chi connectivity index (χ3n) is 9.80. The van der Waals surface area contributed by atoms with E-state index in [0.717, 1.165) is 92.9 Å². The van der Waals surface area contributed by atoms with E-state index < -0.39 is 0 Å². The fraction of sp³-hybridized carbons (Fsp3) is 0. The number of nitrogens with zero attached hydrogens (tertiary/aromatic N) is 4. The van der Waals surface area contributed by atoms with Crippen molar-refractivity contribution in [3.8, 4) is 34.2 Å². The molecule has 232 valence electrons. The van der Waals surface area contributed by atoms with Crippen LogP contribution in [0.15, 0.2) is 155 Å². The molecule has 50 heavy (non-hydrogen) atoms. The summed E-state index contributed by atoms with van der Waals surface area (Å²) < 4.78 is 12.6. The predicted molar refractivity (Wildman–Crippen MR) is 201 cm³/mol. The molecule has 6 heteroatoms. The molecule has 0 unspecified atom stereocenters. The van der Waals surface area contributed by atoms with E-state index in [0.29, 0.717) is 17.5 Å². The van der Waals surface area contributed by atoms with E-state index in [1.165, 1.54) is 0 Å². The zero-order valence-electron chi connectivity index (χ0n) is 26.5. The van der Waals surface area contributed by atoms with Crippen LogP contribution in [0.2, 0.25) is 0 Å². The maximum Gasteiger partial charge on any atom is 0.164 e. The Bertz CT molecular complexity index is 3180. The Kier molecular flexibility index (Phi) is 5.57. The van der Waals surface area contributed by atoms with Crippen LogP contribution in [0.3, 0.4) is 0 Å². The molecule has 11 aromatic rings. The van der Waals surface area contributed by atoms with Gasteiger partial charge in [-0.15, -0.1) is 0 Å². The average Bonchev–Trinajstić information content (AvgIpc) is 3.75. The highest BCUT2D eigenvalue weighted by Gasteiger charge is 2.21. The number of hydrogen-bond donors (Lipinski definition) is 0. The van der Waals surface area contributed by atoms with Gasteiger partial charge in [-0.3, -0.25) is 4.98 Å². The van der Waals surface area contributed by atoms with E-state index in [-0.39, 0.29) is 0 Å². The van der Waals surface area contributed by atoms with Crippen LogP contribution in [0.4, 0.5) is 0 Å². The smallest absolute Gasteiger partial charge is 0.164 e. The van der Waals surface area contributed by atoms with Gasteiger partial charge in [-0.1, -0.05) is 91.0 Å². The van der Waals surface area contributed by atoms with Gasteiger partial charge in [-0.25, -0.2) is 15.0 Å². The molecule has 0 saturated heterocycles. The number of fused-ring (bicyclic) bond motifs is 11. The van der Waals surface area contributed by atoms with Gasteiger partial charge in [0.05, 0.1) is 0 Å². The maximum atomic E-state index is 6.30. The van der Waals surface area contributed by atoms with E-state index in [4.69, 9.17) is 23.8 Å². The molecule has 11 rings (SSSR count). The number of rotatable bonds is 3. The van der Waals surface area contributed by atoms with Crippen LogP contribution in [0, 0.1) is 0 Å². The van der Waals surface area contributed by atoms with Crippen molar-refractivity contribution in [2.75, 3.05) is 0 Å². The van der Waals surface area contributed by atoms with Crippen molar-refractivity contribution < 1.29 is 8.83 Å². The lowest BCUT2D eigenvalue weighted by Gasteiger charge is -2.14. The van der Waals surface area contributed by atoms with Crippen LogP contribution in [0.5, 0.6) is 0 Å².